The van der Waals surface area contributed by atoms with Crippen LogP contribution in [-0.4, -0.2) is 62.8 Å². The lowest BCUT2D eigenvalue weighted by atomic mass is 9.79. The van der Waals surface area contributed by atoms with Gasteiger partial charge in [0.05, 0.1) is 17.5 Å². The van der Waals surface area contributed by atoms with Gasteiger partial charge in [-0.2, -0.15) is 0 Å². The van der Waals surface area contributed by atoms with Crippen molar-refractivity contribution < 1.29 is 32.7 Å². The van der Waals surface area contributed by atoms with E-state index in [9.17, 15) is 28.0 Å². The molecule has 4 amide bonds. The van der Waals surface area contributed by atoms with E-state index in [1.165, 1.54) is 9.80 Å². The monoisotopic (exact) mass is 671 g/mol. The van der Waals surface area contributed by atoms with Gasteiger partial charge in [0, 0.05) is 23.5 Å². The summed E-state index contributed by atoms with van der Waals surface area (Å²) >= 11 is 0. The third kappa shape index (κ3) is 5.41. The fourth-order valence-corrected chi connectivity index (χ4v) is 8.18. The molecule has 1 saturated heterocycles. The summed E-state index contributed by atoms with van der Waals surface area (Å²) in [6.45, 7) is 6.23. The van der Waals surface area contributed by atoms with Gasteiger partial charge in [-0.3, -0.25) is 19.3 Å². The van der Waals surface area contributed by atoms with Crippen LogP contribution in [0.4, 0.5) is 25.1 Å². The number of piperazine rings is 1. The number of benzene rings is 2. The Morgan fingerprint density at radius 2 is 1.69 bits per heavy atom. The highest BCUT2D eigenvalue weighted by molar-refractivity contribution is 6.06. The number of hydrogen-bond donors (Lipinski definition) is 2. The van der Waals surface area contributed by atoms with Gasteiger partial charge in [0.2, 0.25) is 17.7 Å². The molecule has 3 aromatic rings. The third-order valence-corrected chi connectivity index (χ3v) is 10.5. The molecule has 2 unspecified atom stereocenters. The van der Waals surface area contributed by atoms with E-state index in [1.54, 1.807) is 40.0 Å². The van der Waals surface area contributed by atoms with Gasteiger partial charge in [0.15, 0.2) is 0 Å². The van der Waals surface area contributed by atoms with Crippen molar-refractivity contribution in [3.8, 4) is 0 Å². The molecule has 2 N–H and O–H groups in total. The first-order chi connectivity index (χ1) is 23.1. The van der Waals surface area contributed by atoms with Crippen LogP contribution in [0.15, 0.2) is 54.7 Å². The van der Waals surface area contributed by atoms with Gasteiger partial charge in [-0.05, 0) is 100 Å². The topological polar surface area (TPSA) is 121 Å². The van der Waals surface area contributed by atoms with Crippen molar-refractivity contribution in [3.05, 3.63) is 88.6 Å². The van der Waals surface area contributed by atoms with E-state index in [0.29, 0.717) is 50.0 Å². The standard InChI is InChI=1S/C37H39F2N5O5/c1-34(2,3)49-33(48)44-21-35(4,24-15-25(38)17-26(39)16-24)43(32(47)37(44)11-5-6-12-37)20-29(45)41-27-10-9-22-18-36(19-23(22)14-27)28-8-7-13-40-30(28)42-31(36)46/h7-10,13-17H,5-6,11-12,18-21H2,1-4H3,(H,41,45)(H,40,42,46). The van der Waals surface area contributed by atoms with Crippen LogP contribution in [0.25, 0.3) is 0 Å². The first kappa shape index (κ1) is 32.7. The molecule has 49 heavy (non-hydrogen) atoms. The number of rotatable bonds is 4. The molecule has 1 aromatic heterocycles. The molecule has 1 saturated carbocycles. The van der Waals surface area contributed by atoms with Gasteiger partial charge in [-0.25, -0.2) is 18.6 Å². The molecule has 3 heterocycles. The lowest BCUT2D eigenvalue weighted by Gasteiger charge is -2.56. The van der Waals surface area contributed by atoms with Crippen molar-refractivity contribution in [2.75, 3.05) is 23.7 Å². The van der Waals surface area contributed by atoms with E-state index >= 15 is 0 Å². The molecular formula is C37H39F2N5O5. The summed E-state index contributed by atoms with van der Waals surface area (Å²) in [5, 5.41) is 5.80. The summed E-state index contributed by atoms with van der Waals surface area (Å²) in [4.78, 5) is 62.4. The number of aromatic nitrogens is 1. The Kier molecular flexibility index (Phi) is 7.57. The fraction of sp³-hybridized carbons (Fsp3) is 0.432. The van der Waals surface area contributed by atoms with E-state index in [0.717, 1.165) is 34.9 Å². The first-order valence-corrected chi connectivity index (χ1v) is 16.6. The molecule has 2 aliphatic carbocycles. The number of pyridine rings is 1. The Hall–Kier alpha value is -4.87. The zero-order valence-electron chi connectivity index (χ0n) is 28.0. The molecule has 0 bridgehead atoms. The Morgan fingerprint density at radius 3 is 2.39 bits per heavy atom. The van der Waals surface area contributed by atoms with Crippen molar-refractivity contribution in [1.29, 1.82) is 0 Å². The summed E-state index contributed by atoms with van der Waals surface area (Å²) in [5.41, 5.74) is -1.02. The van der Waals surface area contributed by atoms with E-state index < -0.39 is 58.2 Å². The maximum Gasteiger partial charge on any atom is 0.411 e. The molecule has 2 aromatic carbocycles. The largest absolute Gasteiger partial charge is 0.444 e. The van der Waals surface area contributed by atoms with Crippen molar-refractivity contribution in [3.63, 3.8) is 0 Å². The minimum Gasteiger partial charge on any atom is -0.444 e. The zero-order chi connectivity index (χ0) is 34.9. The molecule has 4 aliphatic rings. The van der Waals surface area contributed by atoms with Gasteiger partial charge < -0.3 is 20.3 Å². The molecule has 256 valence electrons. The van der Waals surface area contributed by atoms with Gasteiger partial charge >= 0.3 is 6.09 Å². The lowest BCUT2D eigenvalue weighted by Crippen LogP contribution is -2.73. The minimum atomic E-state index is -1.48. The first-order valence-electron chi connectivity index (χ1n) is 16.6. The third-order valence-electron chi connectivity index (χ3n) is 10.5. The van der Waals surface area contributed by atoms with Crippen LogP contribution >= 0.6 is 0 Å². The number of nitrogens with zero attached hydrogens (tertiary/aromatic N) is 3. The van der Waals surface area contributed by atoms with Gasteiger partial charge in [-0.15, -0.1) is 0 Å². The molecule has 12 heteroatoms. The number of fused-ring (bicyclic) bond motifs is 3. The van der Waals surface area contributed by atoms with E-state index in [4.69, 9.17) is 4.74 Å². The number of carbonyl (C=O) groups is 4. The lowest BCUT2D eigenvalue weighted by molar-refractivity contribution is -0.165. The predicted molar refractivity (Wildman–Crippen MR) is 177 cm³/mol. The highest BCUT2D eigenvalue weighted by Crippen LogP contribution is 2.48. The number of nitrogens with one attached hydrogen (secondary N) is 2. The number of ether oxygens (including phenoxy) is 1. The average molecular weight is 672 g/mol. The molecule has 2 spiro atoms. The van der Waals surface area contributed by atoms with Crippen LogP contribution in [0.2, 0.25) is 0 Å². The van der Waals surface area contributed by atoms with Gasteiger partial charge in [0.1, 0.15) is 35.1 Å². The zero-order valence-corrected chi connectivity index (χ0v) is 28.0. The van der Waals surface area contributed by atoms with Gasteiger partial charge in [0.25, 0.3) is 0 Å². The van der Waals surface area contributed by atoms with Crippen molar-refractivity contribution in [2.45, 2.75) is 88.3 Å². The molecule has 7 rings (SSSR count). The van der Waals surface area contributed by atoms with Crippen LogP contribution in [0.1, 0.15) is 75.6 Å². The summed E-state index contributed by atoms with van der Waals surface area (Å²) < 4.78 is 35.1. The number of amides is 4. The normalized spacial score (nSPS) is 23.9. The van der Waals surface area contributed by atoms with Crippen molar-refractivity contribution >= 4 is 35.3 Å². The van der Waals surface area contributed by atoms with Crippen LogP contribution < -0.4 is 10.6 Å². The smallest absolute Gasteiger partial charge is 0.411 e. The second-order valence-corrected chi connectivity index (χ2v) is 14.9. The van der Waals surface area contributed by atoms with Crippen LogP contribution in [-0.2, 0) is 42.9 Å². The molecule has 2 fully saturated rings. The molecule has 10 nitrogen and oxygen atoms in total. The Morgan fingerprint density at radius 1 is 1.00 bits per heavy atom. The Labute approximate surface area is 283 Å². The predicted octanol–water partition coefficient (Wildman–Crippen LogP) is 5.59. The Bertz CT molecular complexity index is 1880. The summed E-state index contributed by atoms with van der Waals surface area (Å²) in [6, 6.07) is 12.2. The molecule has 2 aliphatic heterocycles. The number of halogens is 2. The van der Waals surface area contributed by atoms with Gasteiger partial charge in [-0.1, -0.05) is 25.0 Å². The summed E-state index contributed by atoms with van der Waals surface area (Å²) in [5.74, 6) is -2.23. The van der Waals surface area contributed by atoms with Crippen LogP contribution in [0.5, 0.6) is 0 Å². The maximum atomic E-state index is 14.7. The maximum absolute atomic E-state index is 14.7. The van der Waals surface area contributed by atoms with Crippen LogP contribution in [0.3, 0.4) is 0 Å². The number of hydrogen-bond acceptors (Lipinski definition) is 6. The molecule has 0 radical (unpaired) electrons. The molecular weight excluding hydrogens is 632 g/mol. The second-order valence-electron chi connectivity index (χ2n) is 14.9. The van der Waals surface area contributed by atoms with Crippen molar-refractivity contribution in [2.24, 2.45) is 0 Å². The highest BCUT2D eigenvalue weighted by atomic mass is 19.1. The quantitative estimate of drug-likeness (QED) is 0.373. The second kappa shape index (κ2) is 11.3. The summed E-state index contributed by atoms with van der Waals surface area (Å²) in [7, 11) is 0. The van der Waals surface area contributed by atoms with E-state index in [-0.39, 0.29) is 18.0 Å². The fourth-order valence-electron chi connectivity index (χ4n) is 8.18. The van der Waals surface area contributed by atoms with Crippen molar-refractivity contribution in [1.82, 2.24) is 14.8 Å². The van der Waals surface area contributed by atoms with E-state index in [2.05, 4.69) is 15.6 Å². The van der Waals surface area contributed by atoms with Crippen LogP contribution in [0, 0.1) is 11.6 Å². The minimum absolute atomic E-state index is 0.110. The SMILES string of the molecule is CC(C)(C)OC(=O)N1CC(C)(c2cc(F)cc(F)c2)N(CC(=O)Nc2ccc3c(c2)CC2(C3)C(=O)Nc3ncccc32)C(=O)C12CCCC2. The summed E-state index contributed by atoms with van der Waals surface area (Å²) in [6.07, 6.45) is 4.00. The number of anilines is 2. The average Bonchev–Trinajstić information content (AvgIpc) is 3.73. The highest BCUT2D eigenvalue weighted by Gasteiger charge is 2.60. The van der Waals surface area contributed by atoms with E-state index in [1.807, 2.05) is 24.3 Å². The molecule has 2 atom stereocenters. The number of carbonyl (C=O) groups excluding carboxylic acids is 4. The Balaban J connectivity index is 1.19.